The highest BCUT2D eigenvalue weighted by Gasteiger charge is 2.13. The maximum Gasteiger partial charge on any atom is 0.124 e. The van der Waals surface area contributed by atoms with E-state index in [1.165, 1.54) is 12.1 Å². The molecule has 0 unspecified atom stereocenters. The highest BCUT2D eigenvalue weighted by Crippen LogP contribution is 2.28. The minimum absolute atomic E-state index is 0.323. The third-order valence-electron chi connectivity index (χ3n) is 2.37. The average molecular weight is 281 g/mol. The number of hydrogen-bond acceptors (Lipinski definition) is 1. The molecule has 1 nitrogen and oxygen atoms in total. The van der Waals surface area contributed by atoms with E-state index >= 15 is 0 Å². The molecule has 82 valence electrons. The van der Waals surface area contributed by atoms with Crippen molar-refractivity contribution in [3.63, 3.8) is 0 Å². The second-order valence-corrected chi connectivity index (χ2v) is 4.33. The van der Waals surface area contributed by atoms with Crippen LogP contribution in [0.5, 0.6) is 0 Å². The van der Waals surface area contributed by atoms with Crippen LogP contribution in [-0.2, 0) is 0 Å². The van der Waals surface area contributed by atoms with Gasteiger partial charge in [-0.05, 0) is 23.3 Å². The molecular formula is C13H10BrFO. The maximum atomic E-state index is 12.9. The number of benzene rings is 2. The second-order valence-electron chi connectivity index (χ2n) is 3.48. The molecule has 1 atom stereocenters. The smallest absolute Gasteiger partial charge is 0.124 e. The van der Waals surface area contributed by atoms with Gasteiger partial charge in [0.25, 0.3) is 0 Å². The first-order valence-corrected chi connectivity index (χ1v) is 5.66. The summed E-state index contributed by atoms with van der Waals surface area (Å²) in [4.78, 5) is 0. The van der Waals surface area contributed by atoms with Gasteiger partial charge in [-0.3, -0.25) is 0 Å². The Balaban J connectivity index is 2.38. The maximum absolute atomic E-state index is 12.9. The monoisotopic (exact) mass is 280 g/mol. The van der Waals surface area contributed by atoms with Crippen LogP contribution in [0.3, 0.4) is 0 Å². The van der Waals surface area contributed by atoms with Crippen molar-refractivity contribution in [3.8, 4) is 0 Å². The number of halogens is 2. The van der Waals surface area contributed by atoms with Gasteiger partial charge in [-0.1, -0.05) is 52.3 Å². The summed E-state index contributed by atoms with van der Waals surface area (Å²) in [6, 6.07) is 13.5. The molecule has 0 bridgehead atoms. The van der Waals surface area contributed by atoms with Crippen LogP contribution in [0.4, 0.5) is 4.39 Å². The first-order valence-electron chi connectivity index (χ1n) is 4.86. The zero-order valence-corrected chi connectivity index (χ0v) is 9.99. The van der Waals surface area contributed by atoms with E-state index in [9.17, 15) is 9.50 Å². The first kappa shape index (κ1) is 11.3. The zero-order chi connectivity index (χ0) is 11.5. The van der Waals surface area contributed by atoms with E-state index in [0.717, 1.165) is 5.56 Å². The summed E-state index contributed by atoms with van der Waals surface area (Å²) in [5.41, 5.74) is 1.45. The molecule has 0 fully saturated rings. The van der Waals surface area contributed by atoms with E-state index in [4.69, 9.17) is 0 Å². The summed E-state index contributed by atoms with van der Waals surface area (Å²) in [6.45, 7) is 0. The molecule has 0 aliphatic heterocycles. The molecule has 0 amide bonds. The Labute approximate surface area is 102 Å². The first-order chi connectivity index (χ1) is 7.68. The topological polar surface area (TPSA) is 20.2 Å². The molecule has 3 heteroatoms. The van der Waals surface area contributed by atoms with Crippen molar-refractivity contribution < 1.29 is 9.50 Å². The van der Waals surface area contributed by atoms with Gasteiger partial charge in [-0.25, -0.2) is 4.39 Å². The number of hydrogen-bond donors (Lipinski definition) is 1. The normalized spacial score (nSPS) is 12.4. The number of rotatable bonds is 2. The van der Waals surface area contributed by atoms with Crippen molar-refractivity contribution in [2.45, 2.75) is 6.10 Å². The van der Waals surface area contributed by atoms with Gasteiger partial charge in [0.05, 0.1) is 0 Å². The van der Waals surface area contributed by atoms with Crippen LogP contribution in [0.15, 0.2) is 53.0 Å². The van der Waals surface area contributed by atoms with Crippen LogP contribution in [0, 0.1) is 5.82 Å². The lowest BCUT2D eigenvalue weighted by Crippen LogP contribution is -2.00. The van der Waals surface area contributed by atoms with Gasteiger partial charge >= 0.3 is 0 Å². The fourth-order valence-corrected chi connectivity index (χ4v) is 2.11. The molecule has 0 aromatic heterocycles. The molecule has 0 aliphatic carbocycles. The molecule has 0 saturated carbocycles. The SMILES string of the molecule is O[C@H](c1ccccc1)c1ccc(F)cc1Br. The van der Waals surface area contributed by atoms with E-state index in [-0.39, 0.29) is 5.82 Å². The molecule has 0 spiro atoms. The van der Waals surface area contributed by atoms with Crippen molar-refractivity contribution in [1.29, 1.82) is 0 Å². The highest BCUT2D eigenvalue weighted by atomic mass is 79.9. The van der Waals surface area contributed by atoms with E-state index in [0.29, 0.717) is 10.0 Å². The second kappa shape index (κ2) is 4.76. The van der Waals surface area contributed by atoms with Gasteiger partial charge < -0.3 is 5.11 Å². The molecule has 0 saturated heterocycles. The lowest BCUT2D eigenvalue weighted by Gasteiger charge is -2.13. The minimum atomic E-state index is -0.740. The molecule has 0 aliphatic rings. The Morgan fingerprint density at radius 3 is 2.38 bits per heavy atom. The third kappa shape index (κ3) is 2.31. The van der Waals surface area contributed by atoms with Gasteiger partial charge in [0.15, 0.2) is 0 Å². The minimum Gasteiger partial charge on any atom is -0.384 e. The van der Waals surface area contributed by atoms with Crippen molar-refractivity contribution in [2.75, 3.05) is 0 Å². The van der Waals surface area contributed by atoms with Crippen LogP contribution in [0.25, 0.3) is 0 Å². The summed E-state index contributed by atoms with van der Waals surface area (Å²) in [5.74, 6) is -0.323. The Hall–Kier alpha value is -1.19. The van der Waals surface area contributed by atoms with Crippen molar-refractivity contribution >= 4 is 15.9 Å². The Bertz CT molecular complexity index is 485. The molecule has 2 aromatic carbocycles. The third-order valence-corrected chi connectivity index (χ3v) is 3.06. The fraction of sp³-hybridized carbons (Fsp3) is 0.0769. The van der Waals surface area contributed by atoms with E-state index in [1.807, 2.05) is 30.3 Å². The van der Waals surface area contributed by atoms with Crippen LogP contribution in [0.1, 0.15) is 17.2 Å². The fourth-order valence-electron chi connectivity index (χ4n) is 1.54. The molecule has 2 rings (SSSR count). The van der Waals surface area contributed by atoms with Crippen LogP contribution in [-0.4, -0.2) is 5.11 Å². The predicted octanol–water partition coefficient (Wildman–Crippen LogP) is 3.67. The Morgan fingerprint density at radius 1 is 1.06 bits per heavy atom. The van der Waals surface area contributed by atoms with Gasteiger partial charge in [0, 0.05) is 4.47 Å². The van der Waals surface area contributed by atoms with E-state index in [2.05, 4.69) is 15.9 Å². The molecule has 0 radical (unpaired) electrons. The summed E-state index contributed by atoms with van der Waals surface area (Å²) < 4.78 is 13.5. The molecular weight excluding hydrogens is 271 g/mol. The summed E-state index contributed by atoms with van der Waals surface area (Å²) in [6.07, 6.45) is -0.740. The molecule has 2 aromatic rings. The van der Waals surface area contributed by atoms with Crippen LogP contribution < -0.4 is 0 Å². The van der Waals surface area contributed by atoms with Gasteiger partial charge in [0.1, 0.15) is 11.9 Å². The Morgan fingerprint density at radius 2 is 1.75 bits per heavy atom. The number of aliphatic hydroxyl groups is 1. The molecule has 16 heavy (non-hydrogen) atoms. The van der Waals surface area contributed by atoms with Gasteiger partial charge in [-0.2, -0.15) is 0 Å². The lowest BCUT2D eigenvalue weighted by atomic mass is 10.0. The zero-order valence-electron chi connectivity index (χ0n) is 8.40. The largest absolute Gasteiger partial charge is 0.384 e. The molecule has 1 N–H and O–H groups in total. The quantitative estimate of drug-likeness (QED) is 0.890. The highest BCUT2D eigenvalue weighted by molar-refractivity contribution is 9.10. The standard InChI is InChI=1S/C13H10BrFO/c14-12-8-10(15)6-7-11(12)13(16)9-4-2-1-3-5-9/h1-8,13,16H/t13-/m1/s1. The predicted molar refractivity (Wildman–Crippen MR) is 64.6 cm³/mol. The van der Waals surface area contributed by atoms with E-state index < -0.39 is 6.10 Å². The van der Waals surface area contributed by atoms with Gasteiger partial charge in [-0.15, -0.1) is 0 Å². The van der Waals surface area contributed by atoms with Crippen molar-refractivity contribution in [2.24, 2.45) is 0 Å². The van der Waals surface area contributed by atoms with Gasteiger partial charge in [0.2, 0.25) is 0 Å². The average Bonchev–Trinajstić information content (AvgIpc) is 2.29. The lowest BCUT2D eigenvalue weighted by molar-refractivity contribution is 0.219. The number of aliphatic hydroxyl groups excluding tert-OH is 1. The summed E-state index contributed by atoms with van der Waals surface area (Å²) >= 11 is 3.24. The Kier molecular flexibility index (Phi) is 3.36. The van der Waals surface area contributed by atoms with Crippen molar-refractivity contribution in [3.05, 3.63) is 69.9 Å². The van der Waals surface area contributed by atoms with E-state index in [1.54, 1.807) is 6.07 Å². The van der Waals surface area contributed by atoms with Crippen molar-refractivity contribution in [1.82, 2.24) is 0 Å². The summed E-state index contributed by atoms with van der Waals surface area (Å²) in [7, 11) is 0. The van der Waals surface area contributed by atoms with Crippen LogP contribution >= 0.6 is 15.9 Å². The summed E-state index contributed by atoms with van der Waals surface area (Å²) in [5, 5.41) is 10.1. The van der Waals surface area contributed by atoms with Crippen LogP contribution in [0.2, 0.25) is 0 Å². The molecule has 0 heterocycles.